The molecule has 5 heteroatoms. The van der Waals surface area contributed by atoms with Crippen molar-refractivity contribution in [3.63, 3.8) is 0 Å². The Bertz CT molecular complexity index is 659. The molecule has 1 aliphatic carbocycles. The van der Waals surface area contributed by atoms with E-state index in [9.17, 15) is 4.39 Å². The SMILES string of the molecule is Cc1ccc(F)cc1Oc1cc(CNC2CC2)c(Cl)cn1. The zero-order valence-electron chi connectivity index (χ0n) is 11.7. The molecule has 0 spiro atoms. The Hall–Kier alpha value is -1.65. The van der Waals surface area contributed by atoms with E-state index in [0.717, 1.165) is 11.1 Å². The maximum absolute atomic E-state index is 13.3. The smallest absolute Gasteiger partial charge is 0.219 e. The Labute approximate surface area is 128 Å². The van der Waals surface area contributed by atoms with Crippen LogP contribution >= 0.6 is 11.6 Å². The van der Waals surface area contributed by atoms with Gasteiger partial charge in [0.25, 0.3) is 0 Å². The first-order valence-electron chi connectivity index (χ1n) is 6.93. The highest BCUT2D eigenvalue weighted by Gasteiger charge is 2.20. The van der Waals surface area contributed by atoms with Crippen molar-refractivity contribution in [2.45, 2.75) is 32.4 Å². The Morgan fingerprint density at radius 1 is 1.38 bits per heavy atom. The van der Waals surface area contributed by atoms with Crippen LogP contribution in [0.15, 0.2) is 30.5 Å². The Morgan fingerprint density at radius 3 is 2.95 bits per heavy atom. The van der Waals surface area contributed by atoms with Gasteiger partial charge in [0, 0.05) is 30.9 Å². The molecule has 0 bridgehead atoms. The summed E-state index contributed by atoms with van der Waals surface area (Å²) in [5.41, 5.74) is 1.79. The van der Waals surface area contributed by atoms with Gasteiger partial charge in [-0.3, -0.25) is 0 Å². The Balaban J connectivity index is 1.78. The van der Waals surface area contributed by atoms with Crippen molar-refractivity contribution in [2.24, 2.45) is 0 Å². The summed E-state index contributed by atoms with van der Waals surface area (Å²) in [6, 6.07) is 6.83. The molecule has 1 aliphatic rings. The summed E-state index contributed by atoms with van der Waals surface area (Å²) < 4.78 is 18.9. The second kappa shape index (κ2) is 6.00. The van der Waals surface area contributed by atoms with Gasteiger partial charge in [0.05, 0.1) is 5.02 Å². The van der Waals surface area contributed by atoms with Crippen LogP contribution in [0.1, 0.15) is 24.0 Å². The van der Waals surface area contributed by atoms with Gasteiger partial charge in [-0.2, -0.15) is 0 Å². The van der Waals surface area contributed by atoms with Crippen molar-refractivity contribution in [3.8, 4) is 11.6 Å². The molecule has 0 amide bonds. The van der Waals surface area contributed by atoms with Crippen molar-refractivity contribution < 1.29 is 9.13 Å². The highest BCUT2D eigenvalue weighted by molar-refractivity contribution is 6.31. The summed E-state index contributed by atoms with van der Waals surface area (Å²) in [4.78, 5) is 4.14. The lowest BCUT2D eigenvalue weighted by Gasteiger charge is -2.10. The molecule has 0 saturated heterocycles. The number of pyridine rings is 1. The van der Waals surface area contributed by atoms with E-state index in [1.165, 1.54) is 25.0 Å². The van der Waals surface area contributed by atoms with Crippen LogP contribution in [0.25, 0.3) is 0 Å². The van der Waals surface area contributed by atoms with Crippen LogP contribution in [0.4, 0.5) is 4.39 Å². The standard InChI is InChI=1S/C16H16ClFN2O/c1-10-2-3-12(18)7-15(10)21-16-6-11(14(17)9-20-16)8-19-13-4-5-13/h2-3,6-7,9,13,19H,4-5,8H2,1H3. The molecule has 0 atom stereocenters. The average molecular weight is 307 g/mol. The van der Waals surface area contributed by atoms with E-state index in [2.05, 4.69) is 10.3 Å². The minimum absolute atomic E-state index is 0.333. The summed E-state index contributed by atoms with van der Waals surface area (Å²) in [5, 5.41) is 4.00. The molecule has 3 nitrogen and oxygen atoms in total. The first-order valence-corrected chi connectivity index (χ1v) is 7.31. The van der Waals surface area contributed by atoms with Gasteiger partial charge in [0.15, 0.2) is 0 Å². The molecular weight excluding hydrogens is 291 g/mol. The van der Waals surface area contributed by atoms with E-state index in [0.29, 0.717) is 29.2 Å². The number of hydrogen-bond acceptors (Lipinski definition) is 3. The van der Waals surface area contributed by atoms with E-state index in [1.807, 2.05) is 6.92 Å². The fraction of sp³-hybridized carbons (Fsp3) is 0.312. The number of aryl methyl sites for hydroxylation is 1. The third-order valence-electron chi connectivity index (χ3n) is 3.43. The lowest BCUT2D eigenvalue weighted by atomic mass is 10.2. The molecule has 21 heavy (non-hydrogen) atoms. The monoisotopic (exact) mass is 306 g/mol. The van der Waals surface area contributed by atoms with Crippen molar-refractivity contribution in [1.82, 2.24) is 10.3 Å². The lowest BCUT2D eigenvalue weighted by molar-refractivity contribution is 0.453. The minimum atomic E-state index is -0.333. The third-order valence-corrected chi connectivity index (χ3v) is 3.77. The molecule has 1 aromatic heterocycles. The van der Waals surface area contributed by atoms with Crippen LogP contribution in [0, 0.1) is 12.7 Å². The van der Waals surface area contributed by atoms with Gasteiger partial charge < -0.3 is 10.1 Å². The molecule has 1 fully saturated rings. The predicted molar refractivity (Wildman–Crippen MR) is 80.3 cm³/mol. The predicted octanol–water partition coefficient (Wildman–Crippen LogP) is 4.23. The van der Waals surface area contributed by atoms with Gasteiger partial charge in [0.2, 0.25) is 5.88 Å². The number of halogens is 2. The number of aromatic nitrogens is 1. The Kier molecular flexibility index (Phi) is 4.08. The summed E-state index contributed by atoms with van der Waals surface area (Å²) in [6.45, 7) is 2.55. The van der Waals surface area contributed by atoms with E-state index >= 15 is 0 Å². The number of benzene rings is 1. The summed E-state index contributed by atoms with van der Waals surface area (Å²) in [6.07, 6.45) is 4.00. The molecule has 0 radical (unpaired) electrons. The maximum Gasteiger partial charge on any atom is 0.219 e. The van der Waals surface area contributed by atoms with Crippen LogP contribution < -0.4 is 10.1 Å². The van der Waals surface area contributed by atoms with Crippen LogP contribution in [0.3, 0.4) is 0 Å². The van der Waals surface area contributed by atoms with Gasteiger partial charge >= 0.3 is 0 Å². The highest BCUT2D eigenvalue weighted by atomic mass is 35.5. The zero-order valence-corrected chi connectivity index (χ0v) is 12.5. The largest absolute Gasteiger partial charge is 0.439 e. The van der Waals surface area contributed by atoms with Gasteiger partial charge in [-0.15, -0.1) is 0 Å². The quantitative estimate of drug-likeness (QED) is 0.897. The van der Waals surface area contributed by atoms with E-state index in [1.54, 1.807) is 18.3 Å². The third kappa shape index (κ3) is 3.71. The van der Waals surface area contributed by atoms with Crippen LogP contribution in [-0.2, 0) is 6.54 Å². The molecule has 1 saturated carbocycles. The first kappa shape index (κ1) is 14.3. The second-order valence-corrected chi connectivity index (χ2v) is 5.69. The molecule has 1 heterocycles. The van der Waals surface area contributed by atoms with Crippen molar-refractivity contribution in [1.29, 1.82) is 0 Å². The number of nitrogens with one attached hydrogen (secondary N) is 1. The van der Waals surface area contributed by atoms with E-state index in [-0.39, 0.29) is 5.82 Å². The highest BCUT2D eigenvalue weighted by Crippen LogP contribution is 2.27. The molecule has 110 valence electrons. The molecular formula is C16H16ClFN2O. The summed E-state index contributed by atoms with van der Waals surface area (Å²) in [5.74, 6) is 0.548. The number of rotatable bonds is 5. The molecule has 0 aliphatic heterocycles. The van der Waals surface area contributed by atoms with Gasteiger partial charge in [-0.25, -0.2) is 9.37 Å². The zero-order chi connectivity index (χ0) is 14.8. The topological polar surface area (TPSA) is 34.1 Å². The van der Waals surface area contributed by atoms with Gasteiger partial charge in [0.1, 0.15) is 11.6 Å². The average Bonchev–Trinajstić information content (AvgIpc) is 3.27. The first-order chi connectivity index (χ1) is 10.1. The lowest BCUT2D eigenvalue weighted by Crippen LogP contribution is -2.15. The van der Waals surface area contributed by atoms with Crippen molar-refractivity contribution in [3.05, 3.63) is 52.4 Å². The molecule has 1 aromatic carbocycles. The molecule has 0 unspecified atom stereocenters. The van der Waals surface area contributed by atoms with Gasteiger partial charge in [-0.1, -0.05) is 17.7 Å². The molecule has 3 rings (SSSR count). The van der Waals surface area contributed by atoms with Crippen molar-refractivity contribution in [2.75, 3.05) is 0 Å². The van der Waals surface area contributed by atoms with Gasteiger partial charge in [-0.05, 0) is 37.0 Å². The summed E-state index contributed by atoms with van der Waals surface area (Å²) in [7, 11) is 0. The van der Waals surface area contributed by atoms with Crippen molar-refractivity contribution >= 4 is 11.6 Å². The summed E-state index contributed by atoms with van der Waals surface area (Å²) >= 11 is 6.14. The fourth-order valence-electron chi connectivity index (χ4n) is 1.99. The number of ether oxygens (including phenoxy) is 1. The maximum atomic E-state index is 13.3. The molecule has 2 aromatic rings. The fourth-order valence-corrected chi connectivity index (χ4v) is 2.16. The normalized spacial score (nSPS) is 14.2. The van der Waals surface area contributed by atoms with Crippen LogP contribution in [0.5, 0.6) is 11.6 Å². The van der Waals surface area contributed by atoms with Crippen LogP contribution in [0.2, 0.25) is 5.02 Å². The van der Waals surface area contributed by atoms with E-state index in [4.69, 9.17) is 16.3 Å². The van der Waals surface area contributed by atoms with E-state index < -0.39 is 0 Å². The second-order valence-electron chi connectivity index (χ2n) is 5.28. The number of hydrogen-bond donors (Lipinski definition) is 1. The minimum Gasteiger partial charge on any atom is -0.439 e. The number of nitrogens with zero attached hydrogens (tertiary/aromatic N) is 1. The Morgan fingerprint density at radius 2 is 2.19 bits per heavy atom. The van der Waals surface area contributed by atoms with Crippen LogP contribution in [-0.4, -0.2) is 11.0 Å². The molecule has 1 N–H and O–H groups in total.